The van der Waals surface area contributed by atoms with Crippen molar-refractivity contribution in [3.05, 3.63) is 52.9 Å². The van der Waals surface area contributed by atoms with E-state index in [1.54, 1.807) is 23.1 Å². The van der Waals surface area contributed by atoms with Gasteiger partial charge < -0.3 is 14.1 Å². The van der Waals surface area contributed by atoms with Gasteiger partial charge in [0.2, 0.25) is 0 Å². The first kappa shape index (κ1) is 16.6. The van der Waals surface area contributed by atoms with Crippen LogP contribution in [0.25, 0.3) is 0 Å². The third kappa shape index (κ3) is 3.62. The highest BCUT2D eigenvalue weighted by molar-refractivity contribution is 6.32. The lowest BCUT2D eigenvalue weighted by atomic mass is 9.96. The number of hydrogen-bond acceptors (Lipinski definition) is 4. The minimum Gasteiger partial charge on any atom is -0.472 e. The van der Waals surface area contributed by atoms with Crippen LogP contribution in [0.3, 0.4) is 0 Å². The average molecular weight is 348 g/mol. The Balaban J connectivity index is 1.57. The summed E-state index contributed by atoms with van der Waals surface area (Å²) >= 11 is 6.06. The fraction of sp³-hybridized carbons (Fsp3) is 0.333. The molecule has 0 radical (unpaired) electrons. The van der Waals surface area contributed by atoms with Gasteiger partial charge in [-0.25, -0.2) is 0 Å². The van der Waals surface area contributed by atoms with Crippen molar-refractivity contribution in [2.24, 2.45) is 5.92 Å². The van der Waals surface area contributed by atoms with Crippen LogP contribution in [0.2, 0.25) is 5.02 Å². The summed E-state index contributed by atoms with van der Waals surface area (Å²) in [7, 11) is 0. The number of furan rings is 1. The van der Waals surface area contributed by atoms with Crippen molar-refractivity contribution >= 4 is 23.5 Å². The van der Waals surface area contributed by atoms with Gasteiger partial charge in [0.15, 0.2) is 0 Å². The van der Waals surface area contributed by atoms with Gasteiger partial charge >= 0.3 is 5.97 Å². The Morgan fingerprint density at radius 2 is 2.00 bits per heavy atom. The standard InChI is InChI=1S/C18H18ClNO4/c1-12-2-3-15(19)16(10-12)24-18(22)13-4-7-20(8-5-13)17(21)14-6-9-23-11-14/h2-3,6,9-11,13H,4-5,7-8H2,1H3. The Kier molecular flexibility index (Phi) is 4.90. The summed E-state index contributed by atoms with van der Waals surface area (Å²) in [6.07, 6.45) is 4.06. The zero-order chi connectivity index (χ0) is 17.1. The Labute approximate surface area is 145 Å². The third-order valence-corrected chi connectivity index (χ3v) is 4.49. The Morgan fingerprint density at radius 1 is 1.25 bits per heavy atom. The number of hydrogen-bond donors (Lipinski definition) is 0. The molecular weight excluding hydrogens is 330 g/mol. The molecule has 0 bridgehead atoms. The number of carbonyl (C=O) groups excluding carboxylic acids is 2. The van der Waals surface area contributed by atoms with E-state index in [9.17, 15) is 9.59 Å². The highest BCUT2D eigenvalue weighted by Gasteiger charge is 2.29. The monoisotopic (exact) mass is 347 g/mol. The molecule has 1 saturated heterocycles. The predicted molar refractivity (Wildman–Crippen MR) is 89.2 cm³/mol. The Bertz CT molecular complexity index is 733. The maximum absolute atomic E-state index is 12.3. The van der Waals surface area contributed by atoms with Gasteiger partial charge in [-0.15, -0.1) is 0 Å². The van der Waals surface area contributed by atoms with Gasteiger partial charge in [-0.2, -0.15) is 0 Å². The van der Waals surface area contributed by atoms with E-state index in [1.165, 1.54) is 12.5 Å². The highest BCUT2D eigenvalue weighted by atomic mass is 35.5. The van der Waals surface area contributed by atoms with Gasteiger partial charge in [0, 0.05) is 13.1 Å². The van der Waals surface area contributed by atoms with Crippen LogP contribution in [0.5, 0.6) is 5.75 Å². The van der Waals surface area contributed by atoms with Crippen LogP contribution in [0.1, 0.15) is 28.8 Å². The lowest BCUT2D eigenvalue weighted by Gasteiger charge is -2.30. The normalized spacial score (nSPS) is 15.3. The molecule has 24 heavy (non-hydrogen) atoms. The number of aryl methyl sites for hydroxylation is 1. The van der Waals surface area contributed by atoms with Crippen molar-refractivity contribution in [1.29, 1.82) is 0 Å². The number of piperidine rings is 1. The van der Waals surface area contributed by atoms with Crippen molar-refractivity contribution in [3.63, 3.8) is 0 Å². The molecule has 2 aromatic rings. The number of benzene rings is 1. The maximum atomic E-state index is 12.3. The van der Waals surface area contributed by atoms with Crippen molar-refractivity contribution in [2.75, 3.05) is 13.1 Å². The first-order valence-corrected chi connectivity index (χ1v) is 8.21. The molecular formula is C18H18ClNO4. The fourth-order valence-electron chi connectivity index (χ4n) is 2.77. The van der Waals surface area contributed by atoms with Crippen LogP contribution >= 0.6 is 11.6 Å². The molecule has 1 aromatic heterocycles. The molecule has 0 N–H and O–H groups in total. The summed E-state index contributed by atoms with van der Waals surface area (Å²) in [4.78, 5) is 26.3. The number of rotatable bonds is 3. The van der Waals surface area contributed by atoms with Gasteiger partial charge in [-0.05, 0) is 43.5 Å². The van der Waals surface area contributed by atoms with E-state index in [-0.39, 0.29) is 17.8 Å². The van der Waals surface area contributed by atoms with Crippen LogP contribution in [0.15, 0.2) is 41.2 Å². The zero-order valence-electron chi connectivity index (χ0n) is 13.3. The molecule has 0 unspecified atom stereocenters. The molecule has 6 heteroatoms. The number of ether oxygens (including phenoxy) is 1. The molecule has 1 aromatic carbocycles. The van der Waals surface area contributed by atoms with Crippen molar-refractivity contribution in [3.8, 4) is 5.75 Å². The largest absolute Gasteiger partial charge is 0.472 e. The van der Waals surface area contributed by atoms with Crippen molar-refractivity contribution < 1.29 is 18.7 Å². The van der Waals surface area contributed by atoms with Gasteiger partial charge in [0.25, 0.3) is 5.91 Å². The van der Waals surface area contributed by atoms with Crippen LogP contribution in [0, 0.1) is 12.8 Å². The molecule has 1 aliphatic heterocycles. The second-order valence-electron chi connectivity index (χ2n) is 5.93. The lowest BCUT2D eigenvalue weighted by molar-refractivity contribution is -0.140. The molecule has 0 spiro atoms. The summed E-state index contributed by atoms with van der Waals surface area (Å²) in [5.74, 6) is -0.205. The lowest BCUT2D eigenvalue weighted by Crippen LogP contribution is -2.41. The van der Waals surface area contributed by atoms with Gasteiger partial charge in [-0.3, -0.25) is 9.59 Å². The molecule has 1 fully saturated rings. The van der Waals surface area contributed by atoms with Gasteiger partial charge in [0.1, 0.15) is 12.0 Å². The highest BCUT2D eigenvalue weighted by Crippen LogP contribution is 2.28. The van der Waals surface area contributed by atoms with E-state index in [0.717, 1.165) is 5.56 Å². The quantitative estimate of drug-likeness (QED) is 0.627. The number of amides is 1. The number of nitrogens with zero attached hydrogens (tertiary/aromatic N) is 1. The fourth-order valence-corrected chi connectivity index (χ4v) is 2.92. The molecule has 126 valence electrons. The van der Waals surface area contributed by atoms with Gasteiger partial charge in [0.05, 0.1) is 22.8 Å². The summed E-state index contributed by atoms with van der Waals surface area (Å²) in [5, 5.41) is 0.418. The van der Waals surface area contributed by atoms with E-state index < -0.39 is 0 Å². The molecule has 5 nitrogen and oxygen atoms in total. The second kappa shape index (κ2) is 7.09. The summed E-state index contributed by atoms with van der Waals surface area (Å²) < 4.78 is 10.4. The van der Waals surface area contributed by atoms with E-state index in [0.29, 0.717) is 42.3 Å². The maximum Gasteiger partial charge on any atom is 0.314 e. The van der Waals surface area contributed by atoms with E-state index >= 15 is 0 Å². The SMILES string of the molecule is Cc1ccc(Cl)c(OC(=O)C2CCN(C(=O)c3ccoc3)CC2)c1. The molecule has 3 rings (SSSR count). The number of carbonyl (C=O) groups is 2. The molecule has 0 saturated carbocycles. The third-order valence-electron chi connectivity index (χ3n) is 4.18. The molecule has 0 atom stereocenters. The Hall–Kier alpha value is -2.27. The Morgan fingerprint density at radius 3 is 2.67 bits per heavy atom. The predicted octanol–water partition coefficient (Wildman–Crippen LogP) is 3.70. The van der Waals surface area contributed by atoms with Crippen LogP contribution < -0.4 is 4.74 Å². The second-order valence-corrected chi connectivity index (χ2v) is 6.34. The summed E-state index contributed by atoms with van der Waals surface area (Å²) in [6, 6.07) is 6.96. The van der Waals surface area contributed by atoms with E-state index in [2.05, 4.69) is 0 Å². The molecule has 1 aliphatic rings. The van der Waals surface area contributed by atoms with Gasteiger partial charge in [-0.1, -0.05) is 17.7 Å². The number of esters is 1. The molecule has 2 heterocycles. The first-order chi connectivity index (χ1) is 11.5. The first-order valence-electron chi connectivity index (χ1n) is 7.84. The topological polar surface area (TPSA) is 59.8 Å². The summed E-state index contributed by atoms with van der Waals surface area (Å²) in [5.41, 5.74) is 1.50. The molecule has 1 amide bonds. The molecule has 0 aliphatic carbocycles. The van der Waals surface area contributed by atoms with Crippen LogP contribution in [0.4, 0.5) is 0 Å². The minimum absolute atomic E-state index is 0.0719. The zero-order valence-corrected chi connectivity index (χ0v) is 14.1. The summed E-state index contributed by atoms with van der Waals surface area (Å²) in [6.45, 7) is 2.95. The minimum atomic E-state index is -0.294. The van der Waals surface area contributed by atoms with E-state index in [1.807, 2.05) is 13.0 Å². The van der Waals surface area contributed by atoms with Crippen molar-refractivity contribution in [1.82, 2.24) is 4.90 Å². The van der Waals surface area contributed by atoms with Crippen molar-refractivity contribution in [2.45, 2.75) is 19.8 Å². The van der Waals surface area contributed by atoms with Crippen LogP contribution in [-0.2, 0) is 4.79 Å². The average Bonchev–Trinajstić information content (AvgIpc) is 3.12. The number of likely N-dealkylation sites (tertiary alicyclic amines) is 1. The number of halogens is 1. The van der Waals surface area contributed by atoms with E-state index in [4.69, 9.17) is 20.8 Å². The van der Waals surface area contributed by atoms with Crippen LogP contribution in [-0.4, -0.2) is 29.9 Å². The smallest absolute Gasteiger partial charge is 0.314 e.